The monoisotopic (exact) mass is 391 g/mol. The Balaban J connectivity index is 1.53. The second-order valence-electron chi connectivity index (χ2n) is 6.28. The Bertz CT molecular complexity index is 1210. The van der Waals surface area contributed by atoms with E-state index in [1.807, 2.05) is 48.7 Å². The molecule has 2 aromatic heterocycles. The molecular weight excluding hydrogens is 374 g/mol. The van der Waals surface area contributed by atoms with Gasteiger partial charge in [0.15, 0.2) is 5.75 Å². The Morgan fingerprint density at radius 3 is 2.89 bits per heavy atom. The van der Waals surface area contributed by atoms with Gasteiger partial charge in [0.2, 0.25) is 5.91 Å². The third-order valence-corrected chi connectivity index (χ3v) is 4.96. The summed E-state index contributed by atoms with van der Waals surface area (Å²) >= 11 is 1.39. The number of thiophene rings is 1. The molecule has 0 radical (unpaired) electrons. The van der Waals surface area contributed by atoms with Crippen LogP contribution in [-0.2, 0) is 11.3 Å². The van der Waals surface area contributed by atoms with E-state index in [9.17, 15) is 9.59 Å². The number of anilines is 1. The van der Waals surface area contributed by atoms with Crippen molar-refractivity contribution >= 4 is 33.1 Å². The third kappa shape index (κ3) is 3.79. The fraction of sp³-hybridized carbons (Fsp3) is 0.0952. The van der Waals surface area contributed by atoms with Gasteiger partial charge >= 0.3 is 0 Å². The molecule has 0 spiro atoms. The van der Waals surface area contributed by atoms with Gasteiger partial charge in [-0.15, -0.1) is 11.3 Å². The molecule has 0 aliphatic carbocycles. The fourth-order valence-electron chi connectivity index (χ4n) is 2.82. The normalized spacial score (nSPS) is 10.8. The summed E-state index contributed by atoms with van der Waals surface area (Å²) in [6, 6.07) is 16.6. The number of ether oxygens (including phenoxy) is 1. The molecule has 1 N–H and O–H groups in total. The topological polar surface area (TPSA) is 73.2 Å². The van der Waals surface area contributed by atoms with E-state index in [0.717, 1.165) is 5.56 Å². The number of para-hydroxylation sites is 2. The summed E-state index contributed by atoms with van der Waals surface area (Å²) in [4.78, 5) is 29.8. The first-order valence-corrected chi connectivity index (χ1v) is 9.54. The molecule has 0 unspecified atom stereocenters. The van der Waals surface area contributed by atoms with Crippen LogP contribution in [0.5, 0.6) is 11.5 Å². The van der Waals surface area contributed by atoms with Gasteiger partial charge in [-0.05, 0) is 48.2 Å². The highest BCUT2D eigenvalue weighted by atomic mass is 32.1. The first-order valence-electron chi connectivity index (χ1n) is 8.66. The van der Waals surface area contributed by atoms with E-state index >= 15 is 0 Å². The Morgan fingerprint density at radius 2 is 2.04 bits per heavy atom. The van der Waals surface area contributed by atoms with Crippen LogP contribution in [0.15, 0.2) is 71.1 Å². The van der Waals surface area contributed by atoms with E-state index < -0.39 is 0 Å². The maximum atomic E-state index is 12.5. The van der Waals surface area contributed by atoms with Crippen LogP contribution in [0.4, 0.5) is 5.69 Å². The first-order chi connectivity index (χ1) is 13.6. The SMILES string of the molecule is Cc1cccc(Oc2ccccc2NC(=O)Cn2cnc3sccc3c2=O)c1. The first kappa shape index (κ1) is 17.9. The van der Waals surface area contributed by atoms with Crippen LogP contribution in [0.25, 0.3) is 10.2 Å². The third-order valence-electron chi connectivity index (χ3n) is 4.14. The summed E-state index contributed by atoms with van der Waals surface area (Å²) in [5.74, 6) is 0.879. The number of carbonyl (C=O) groups is 1. The molecule has 7 heteroatoms. The lowest BCUT2D eigenvalue weighted by atomic mass is 10.2. The highest BCUT2D eigenvalue weighted by molar-refractivity contribution is 7.16. The zero-order chi connectivity index (χ0) is 19.5. The van der Waals surface area contributed by atoms with Crippen LogP contribution < -0.4 is 15.6 Å². The minimum atomic E-state index is -0.334. The molecule has 6 nitrogen and oxygen atoms in total. The lowest BCUT2D eigenvalue weighted by molar-refractivity contribution is -0.116. The molecule has 4 aromatic rings. The van der Waals surface area contributed by atoms with Crippen molar-refractivity contribution in [2.24, 2.45) is 0 Å². The molecule has 140 valence electrons. The Hall–Kier alpha value is -3.45. The van der Waals surface area contributed by atoms with E-state index in [1.165, 1.54) is 22.2 Å². The van der Waals surface area contributed by atoms with Crippen LogP contribution in [-0.4, -0.2) is 15.5 Å². The minimum Gasteiger partial charge on any atom is -0.455 e. The van der Waals surface area contributed by atoms with E-state index in [4.69, 9.17) is 4.74 Å². The standard InChI is InChI=1S/C21H17N3O3S/c1-14-5-4-6-15(11-14)27-18-8-3-2-7-17(18)23-19(25)12-24-13-22-20-16(21(24)26)9-10-28-20/h2-11,13H,12H2,1H3,(H,23,25). The molecule has 0 saturated carbocycles. The van der Waals surface area contributed by atoms with E-state index in [-0.39, 0.29) is 18.0 Å². The van der Waals surface area contributed by atoms with Crippen LogP contribution in [0.1, 0.15) is 5.56 Å². The average molecular weight is 391 g/mol. The molecule has 0 bridgehead atoms. The van der Waals surface area contributed by atoms with Crippen LogP contribution in [0, 0.1) is 6.92 Å². The summed E-state index contributed by atoms with van der Waals surface area (Å²) in [5, 5.41) is 5.14. The Labute approximate surface area is 165 Å². The van der Waals surface area contributed by atoms with Gasteiger partial charge in [-0.3, -0.25) is 14.2 Å². The number of rotatable bonds is 5. The van der Waals surface area contributed by atoms with Crippen molar-refractivity contribution < 1.29 is 9.53 Å². The number of nitrogens with zero attached hydrogens (tertiary/aromatic N) is 2. The Morgan fingerprint density at radius 1 is 1.18 bits per heavy atom. The smallest absolute Gasteiger partial charge is 0.262 e. The van der Waals surface area contributed by atoms with Crippen LogP contribution in [0.2, 0.25) is 0 Å². The number of nitrogens with one attached hydrogen (secondary N) is 1. The molecule has 0 aliphatic heterocycles. The number of benzene rings is 2. The zero-order valence-corrected chi connectivity index (χ0v) is 15.9. The molecule has 4 rings (SSSR count). The molecule has 0 atom stereocenters. The Kier molecular flexibility index (Phi) is 4.90. The molecule has 1 amide bonds. The molecule has 0 fully saturated rings. The molecule has 2 heterocycles. The van der Waals surface area contributed by atoms with Gasteiger partial charge < -0.3 is 10.1 Å². The summed E-state index contributed by atoms with van der Waals surface area (Å²) < 4.78 is 7.22. The number of fused-ring (bicyclic) bond motifs is 1. The van der Waals surface area contributed by atoms with E-state index in [2.05, 4.69) is 10.3 Å². The second kappa shape index (κ2) is 7.66. The van der Waals surface area contributed by atoms with E-state index in [1.54, 1.807) is 18.2 Å². The highest BCUT2D eigenvalue weighted by Gasteiger charge is 2.12. The summed E-state index contributed by atoms with van der Waals surface area (Å²) in [6.45, 7) is 1.85. The number of aryl methyl sites for hydroxylation is 1. The number of hydrogen-bond acceptors (Lipinski definition) is 5. The average Bonchev–Trinajstić information content (AvgIpc) is 3.15. The van der Waals surface area contributed by atoms with Gasteiger partial charge in [-0.1, -0.05) is 24.3 Å². The number of carbonyl (C=O) groups excluding carboxylic acids is 1. The molecular formula is C21H17N3O3S. The van der Waals surface area contributed by atoms with Gasteiger partial charge in [-0.25, -0.2) is 4.98 Å². The molecule has 0 saturated heterocycles. The number of amides is 1. The maximum Gasteiger partial charge on any atom is 0.262 e. The second-order valence-corrected chi connectivity index (χ2v) is 7.17. The van der Waals surface area contributed by atoms with E-state index in [0.29, 0.717) is 27.4 Å². The largest absolute Gasteiger partial charge is 0.455 e. The fourth-order valence-corrected chi connectivity index (χ4v) is 3.54. The lowest BCUT2D eigenvalue weighted by Gasteiger charge is -2.13. The van der Waals surface area contributed by atoms with Crippen LogP contribution in [0.3, 0.4) is 0 Å². The zero-order valence-electron chi connectivity index (χ0n) is 15.1. The molecule has 28 heavy (non-hydrogen) atoms. The summed E-state index contributed by atoms with van der Waals surface area (Å²) in [7, 11) is 0. The van der Waals surface area contributed by atoms with Crippen LogP contribution >= 0.6 is 11.3 Å². The lowest BCUT2D eigenvalue weighted by Crippen LogP contribution is -2.27. The van der Waals surface area contributed by atoms with Gasteiger partial charge in [0.1, 0.15) is 17.1 Å². The van der Waals surface area contributed by atoms with Crippen molar-refractivity contribution in [3.8, 4) is 11.5 Å². The highest BCUT2D eigenvalue weighted by Crippen LogP contribution is 2.29. The van der Waals surface area contributed by atoms with Crippen molar-refractivity contribution in [1.29, 1.82) is 0 Å². The predicted molar refractivity (Wildman–Crippen MR) is 110 cm³/mol. The predicted octanol–water partition coefficient (Wildman–Crippen LogP) is 4.20. The number of hydrogen-bond donors (Lipinski definition) is 1. The van der Waals surface area contributed by atoms with Gasteiger partial charge in [0.05, 0.1) is 17.4 Å². The van der Waals surface area contributed by atoms with Crippen molar-refractivity contribution in [3.05, 3.63) is 82.2 Å². The minimum absolute atomic E-state index is 0.129. The van der Waals surface area contributed by atoms with Crippen molar-refractivity contribution in [3.63, 3.8) is 0 Å². The van der Waals surface area contributed by atoms with Gasteiger partial charge in [0, 0.05) is 0 Å². The van der Waals surface area contributed by atoms with Crippen molar-refractivity contribution in [2.45, 2.75) is 13.5 Å². The van der Waals surface area contributed by atoms with Gasteiger partial charge in [-0.2, -0.15) is 0 Å². The molecule has 0 aliphatic rings. The van der Waals surface area contributed by atoms with Crippen molar-refractivity contribution in [1.82, 2.24) is 9.55 Å². The summed E-state index contributed by atoms with van der Waals surface area (Å²) in [5.41, 5.74) is 1.38. The molecule has 2 aromatic carbocycles. The maximum absolute atomic E-state index is 12.5. The quantitative estimate of drug-likeness (QED) is 0.553. The van der Waals surface area contributed by atoms with Gasteiger partial charge in [0.25, 0.3) is 5.56 Å². The summed E-state index contributed by atoms with van der Waals surface area (Å²) in [6.07, 6.45) is 1.40. The number of aromatic nitrogens is 2. The van der Waals surface area contributed by atoms with Crippen molar-refractivity contribution in [2.75, 3.05) is 5.32 Å².